The molecule has 5 nitrogen and oxygen atoms in total. The highest BCUT2D eigenvalue weighted by molar-refractivity contribution is 5.98. The van der Waals surface area contributed by atoms with E-state index in [1.165, 1.54) is 0 Å². The summed E-state index contributed by atoms with van der Waals surface area (Å²) in [5.74, 6) is -0.466. The first-order valence-corrected chi connectivity index (χ1v) is 10.8. The molecule has 0 spiro atoms. The van der Waals surface area contributed by atoms with Crippen LogP contribution in [0.5, 0.6) is 0 Å². The number of amides is 2. The Morgan fingerprint density at radius 3 is 2.09 bits per heavy atom. The van der Waals surface area contributed by atoms with Crippen LogP contribution in [0.1, 0.15) is 31.8 Å². The van der Waals surface area contributed by atoms with Gasteiger partial charge in [0.2, 0.25) is 0 Å². The van der Waals surface area contributed by atoms with E-state index in [-0.39, 0.29) is 11.8 Å². The fourth-order valence-corrected chi connectivity index (χ4v) is 3.64. The number of aldehydes is 1. The van der Waals surface area contributed by atoms with E-state index in [0.29, 0.717) is 24.1 Å². The topological polar surface area (TPSA) is 75.3 Å². The molecular weight excluding hydrogens is 412 g/mol. The van der Waals surface area contributed by atoms with E-state index >= 15 is 0 Å². The lowest BCUT2D eigenvalue weighted by Crippen LogP contribution is -2.37. The van der Waals surface area contributed by atoms with Gasteiger partial charge in [-0.25, -0.2) is 0 Å². The number of rotatable bonds is 8. The van der Waals surface area contributed by atoms with E-state index in [0.717, 1.165) is 28.2 Å². The Morgan fingerprint density at radius 2 is 1.36 bits per heavy atom. The molecule has 4 rings (SSSR count). The van der Waals surface area contributed by atoms with Crippen LogP contribution in [0.15, 0.2) is 97.1 Å². The van der Waals surface area contributed by atoms with Gasteiger partial charge in [0.25, 0.3) is 11.8 Å². The summed E-state index contributed by atoms with van der Waals surface area (Å²) in [7, 11) is 0. The van der Waals surface area contributed by atoms with Crippen LogP contribution in [0.2, 0.25) is 0 Å². The van der Waals surface area contributed by atoms with Crippen LogP contribution in [0.3, 0.4) is 0 Å². The molecule has 0 saturated heterocycles. The van der Waals surface area contributed by atoms with Crippen LogP contribution < -0.4 is 10.6 Å². The first-order valence-electron chi connectivity index (χ1n) is 10.8. The molecular formula is C28H24N2O3. The lowest BCUT2D eigenvalue weighted by atomic mass is 10.1. The Kier molecular flexibility index (Phi) is 6.90. The molecule has 0 heterocycles. The number of carbonyl (C=O) groups is 3. The molecule has 33 heavy (non-hydrogen) atoms. The Hall–Kier alpha value is -4.25. The average molecular weight is 437 g/mol. The zero-order valence-corrected chi connectivity index (χ0v) is 18.0. The Bertz CT molecular complexity index is 1270. The van der Waals surface area contributed by atoms with Crippen molar-refractivity contribution in [3.63, 3.8) is 0 Å². The number of hydrogen-bond acceptors (Lipinski definition) is 3. The molecule has 4 aromatic carbocycles. The molecule has 1 atom stereocenters. The third-order valence-electron chi connectivity index (χ3n) is 5.46. The first-order chi connectivity index (χ1) is 16.1. The largest absolute Gasteiger partial charge is 0.348 e. The van der Waals surface area contributed by atoms with E-state index in [2.05, 4.69) is 10.6 Å². The van der Waals surface area contributed by atoms with Gasteiger partial charge in [0.15, 0.2) is 0 Å². The summed E-state index contributed by atoms with van der Waals surface area (Å²) < 4.78 is 0. The highest BCUT2D eigenvalue weighted by atomic mass is 16.2. The van der Waals surface area contributed by atoms with Gasteiger partial charge in [0, 0.05) is 17.7 Å². The summed E-state index contributed by atoms with van der Waals surface area (Å²) in [5.41, 5.74) is 2.91. The predicted molar refractivity (Wildman–Crippen MR) is 129 cm³/mol. The van der Waals surface area contributed by atoms with E-state index in [1.807, 2.05) is 72.8 Å². The van der Waals surface area contributed by atoms with Crippen LogP contribution >= 0.6 is 0 Å². The van der Waals surface area contributed by atoms with Crippen molar-refractivity contribution in [2.24, 2.45) is 0 Å². The second-order valence-corrected chi connectivity index (χ2v) is 7.85. The van der Waals surface area contributed by atoms with Crippen molar-refractivity contribution in [3.8, 4) is 0 Å². The molecule has 5 heteroatoms. The molecule has 164 valence electrons. The lowest BCUT2D eigenvalue weighted by Gasteiger charge is -2.13. The van der Waals surface area contributed by atoms with Gasteiger partial charge in [0.1, 0.15) is 6.29 Å². The van der Waals surface area contributed by atoms with Gasteiger partial charge in [-0.05, 0) is 52.6 Å². The number of benzene rings is 4. The van der Waals surface area contributed by atoms with Crippen molar-refractivity contribution >= 4 is 28.9 Å². The smallest absolute Gasteiger partial charge is 0.251 e. The molecule has 0 aliphatic rings. The van der Waals surface area contributed by atoms with Crippen LogP contribution in [-0.4, -0.2) is 24.1 Å². The highest BCUT2D eigenvalue weighted by Crippen LogP contribution is 2.16. The minimum Gasteiger partial charge on any atom is -0.348 e. The number of fused-ring (bicyclic) bond motifs is 1. The molecule has 2 N–H and O–H groups in total. The fourth-order valence-electron chi connectivity index (χ4n) is 3.64. The fraction of sp³-hybridized carbons (Fsp3) is 0.107. The van der Waals surface area contributed by atoms with Gasteiger partial charge < -0.3 is 15.4 Å². The summed E-state index contributed by atoms with van der Waals surface area (Å²) in [5, 5.41) is 7.77. The lowest BCUT2D eigenvalue weighted by molar-refractivity contribution is -0.109. The molecule has 0 radical (unpaired) electrons. The quantitative estimate of drug-likeness (QED) is 0.404. The van der Waals surface area contributed by atoms with Gasteiger partial charge in [-0.2, -0.15) is 0 Å². The molecule has 0 aliphatic carbocycles. The zero-order valence-electron chi connectivity index (χ0n) is 18.0. The summed E-state index contributed by atoms with van der Waals surface area (Å²) in [4.78, 5) is 36.5. The van der Waals surface area contributed by atoms with Crippen molar-refractivity contribution in [1.82, 2.24) is 10.6 Å². The van der Waals surface area contributed by atoms with E-state index in [1.54, 1.807) is 24.3 Å². The second kappa shape index (κ2) is 10.4. The molecule has 0 saturated carbocycles. The van der Waals surface area contributed by atoms with Gasteiger partial charge >= 0.3 is 0 Å². The number of nitrogens with one attached hydrogen (secondary N) is 2. The van der Waals surface area contributed by atoms with Crippen LogP contribution in [0.4, 0.5) is 0 Å². The molecule has 1 unspecified atom stereocenters. The van der Waals surface area contributed by atoms with Gasteiger partial charge in [-0.1, -0.05) is 72.8 Å². The average Bonchev–Trinajstić information content (AvgIpc) is 2.87. The van der Waals surface area contributed by atoms with Crippen LogP contribution in [0, 0.1) is 0 Å². The Labute approximate surface area is 192 Å². The van der Waals surface area contributed by atoms with E-state index in [9.17, 15) is 14.4 Å². The molecule has 0 aromatic heterocycles. The Morgan fingerprint density at radius 1 is 0.697 bits per heavy atom. The molecule has 0 fully saturated rings. The van der Waals surface area contributed by atoms with Crippen molar-refractivity contribution in [1.29, 1.82) is 0 Å². The van der Waals surface area contributed by atoms with Crippen molar-refractivity contribution in [2.75, 3.05) is 0 Å². The Balaban J connectivity index is 1.32. The third kappa shape index (κ3) is 5.71. The van der Waals surface area contributed by atoms with Crippen LogP contribution in [-0.2, 0) is 17.8 Å². The highest BCUT2D eigenvalue weighted by Gasteiger charge is 2.14. The molecule has 0 aliphatic heterocycles. The summed E-state index contributed by atoms with van der Waals surface area (Å²) in [6, 6.07) is 29.4. The van der Waals surface area contributed by atoms with E-state index < -0.39 is 6.04 Å². The minimum atomic E-state index is -0.596. The third-order valence-corrected chi connectivity index (χ3v) is 5.46. The zero-order chi connectivity index (χ0) is 23.0. The number of hydrogen-bond donors (Lipinski definition) is 2. The SMILES string of the molecule is O=CC(Cc1ccccc1)NC(=O)c1ccc(CNC(=O)c2ccc3ccccc3c2)cc1. The minimum absolute atomic E-state index is 0.155. The van der Waals surface area contributed by atoms with Gasteiger partial charge in [0.05, 0.1) is 6.04 Å². The predicted octanol–water partition coefficient (Wildman–Crippen LogP) is 4.31. The normalized spacial score (nSPS) is 11.5. The van der Waals surface area contributed by atoms with Crippen molar-refractivity contribution in [3.05, 3.63) is 119 Å². The molecule has 4 aromatic rings. The van der Waals surface area contributed by atoms with Gasteiger partial charge in [-0.15, -0.1) is 0 Å². The van der Waals surface area contributed by atoms with E-state index in [4.69, 9.17) is 0 Å². The summed E-state index contributed by atoms with van der Waals surface area (Å²) in [6.07, 6.45) is 1.19. The van der Waals surface area contributed by atoms with Crippen LogP contribution in [0.25, 0.3) is 10.8 Å². The standard InChI is InChI=1S/C28H24N2O3/c31-19-26(16-20-6-2-1-3-7-20)30-28(33)23-12-10-21(11-13-23)18-29-27(32)25-15-14-22-8-4-5-9-24(22)17-25/h1-15,17,19,26H,16,18H2,(H,29,32)(H,30,33). The maximum absolute atomic E-state index is 12.5. The monoisotopic (exact) mass is 436 g/mol. The summed E-state index contributed by atoms with van der Waals surface area (Å²) in [6.45, 7) is 0.346. The summed E-state index contributed by atoms with van der Waals surface area (Å²) >= 11 is 0. The van der Waals surface area contributed by atoms with Crippen molar-refractivity contribution in [2.45, 2.75) is 19.0 Å². The number of carbonyl (C=O) groups excluding carboxylic acids is 3. The maximum atomic E-state index is 12.5. The van der Waals surface area contributed by atoms with Crippen molar-refractivity contribution < 1.29 is 14.4 Å². The van der Waals surface area contributed by atoms with Gasteiger partial charge in [-0.3, -0.25) is 9.59 Å². The second-order valence-electron chi connectivity index (χ2n) is 7.85. The maximum Gasteiger partial charge on any atom is 0.251 e. The molecule has 2 amide bonds. The first kappa shape index (κ1) is 22.0. The molecule has 0 bridgehead atoms.